The fraction of sp³-hybridized carbons (Fsp3) is 0.769. The molecule has 2 atom stereocenters. The first-order chi connectivity index (χ1) is 9.16. The zero-order valence-corrected chi connectivity index (χ0v) is 12.0. The Morgan fingerprint density at radius 3 is 2.50 bits per heavy atom. The second-order valence-electron chi connectivity index (χ2n) is 5.93. The molecule has 0 aromatic carbocycles. The molecule has 114 valence electrons. The summed E-state index contributed by atoms with van der Waals surface area (Å²) in [5.74, 6) is -1.96. The molecule has 7 nitrogen and oxygen atoms in total. The summed E-state index contributed by atoms with van der Waals surface area (Å²) in [6.45, 7) is 4.22. The quantitative estimate of drug-likeness (QED) is 0.630. The Morgan fingerprint density at radius 2 is 2.00 bits per heavy atom. The number of rotatable bonds is 5. The predicted molar refractivity (Wildman–Crippen MR) is 72.5 cm³/mol. The van der Waals surface area contributed by atoms with E-state index in [9.17, 15) is 19.5 Å². The van der Waals surface area contributed by atoms with Gasteiger partial charge in [-0.25, -0.2) is 0 Å². The first-order valence-corrected chi connectivity index (χ1v) is 6.72. The summed E-state index contributed by atoms with van der Waals surface area (Å²) in [4.78, 5) is 35.8. The van der Waals surface area contributed by atoms with Crippen LogP contribution in [0.5, 0.6) is 0 Å². The highest BCUT2D eigenvalue weighted by atomic mass is 16.4. The number of carbonyl (C=O) groups excluding carboxylic acids is 2. The number of carboxylic acid groups (broad SMARTS) is 1. The maximum Gasteiger partial charge on any atom is 0.309 e. The van der Waals surface area contributed by atoms with E-state index >= 15 is 0 Å². The van der Waals surface area contributed by atoms with E-state index in [1.807, 2.05) is 0 Å². The van der Waals surface area contributed by atoms with E-state index < -0.39 is 23.3 Å². The van der Waals surface area contributed by atoms with Crippen LogP contribution in [0.2, 0.25) is 0 Å². The van der Waals surface area contributed by atoms with Gasteiger partial charge in [-0.3, -0.25) is 14.4 Å². The van der Waals surface area contributed by atoms with Crippen LogP contribution in [0.15, 0.2) is 0 Å². The number of aliphatic carboxylic acids is 1. The van der Waals surface area contributed by atoms with Gasteiger partial charge in [0.05, 0.1) is 17.9 Å². The van der Waals surface area contributed by atoms with E-state index in [1.54, 1.807) is 18.7 Å². The molecular weight excluding hydrogens is 262 g/mol. The highest BCUT2D eigenvalue weighted by molar-refractivity contribution is 5.87. The molecule has 2 amide bonds. The molecule has 0 radical (unpaired) electrons. The van der Waals surface area contributed by atoms with Gasteiger partial charge in [-0.05, 0) is 32.6 Å². The minimum atomic E-state index is -0.945. The molecule has 1 heterocycles. The highest BCUT2D eigenvalue weighted by Crippen LogP contribution is 2.34. The van der Waals surface area contributed by atoms with Crippen molar-refractivity contribution in [2.75, 3.05) is 13.1 Å². The van der Waals surface area contributed by atoms with Crippen LogP contribution in [0.25, 0.3) is 0 Å². The lowest BCUT2D eigenvalue weighted by Crippen LogP contribution is -2.52. The van der Waals surface area contributed by atoms with Gasteiger partial charge < -0.3 is 21.5 Å². The molecule has 0 aliphatic carbocycles. The van der Waals surface area contributed by atoms with Crippen LogP contribution in [0.4, 0.5) is 0 Å². The van der Waals surface area contributed by atoms with Crippen molar-refractivity contribution in [3.8, 4) is 0 Å². The maximum atomic E-state index is 12.1. The zero-order chi connectivity index (χ0) is 15.5. The SMILES string of the molecule is CC(C)(C(=O)O)C1CCCN(C(=O)C(N)CC(N)=O)C1. The Bertz CT molecular complexity index is 408. The summed E-state index contributed by atoms with van der Waals surface area (Å²) in [5.41, 5.74) is 9.79. The van der Waals surface area contributed by atoms with E-state index in [1.165, 1.54) is 0 Å². The summed E-state index contributed by atoms with van der Waals surface area (Å²) < 4.78 is 0. The van der Waals surface area contributed by atoms with Gasteiger partial charge in [0.1, 0.15) is 0 Å². The molecular formula is C13H23N3O4. The van der Waals surface area contributed by atoms with Gasteiger partial charge in [0.15, 0.2) is 0 Å². The molecule has 0 aromatic heterocycles. The largest absolute Gasteiger partial charge is 0.481 e. The van der Waals surface area contributed by atoms with Gasteiger partial charge in [-0.2, -0.15) is 0 Å². The Balaban J connectivity index is 2.72. The van der Waals surface area contributed by atoms with Crippen LogP contribution in [0.3, 0.4) is 0 Å². The number of amides is 2. The predicted octanol–water partition coefficient (Wildman–Crippen LogP) is -0.461. The second kappa shape index (κ2) is 6.21. The molecule has 0 spiro atoms. The Morgan fingerprint density at radius 1 is 1.40 bits per heavy atom. The fourth-order valence-corrected chi connectivity index (χ4v) is 2.48. The van der Waals surface area contributed by atoms with Crippen molar-refractivity contribution in [2.45, 2.75) is 39.2 Å². The number of hydrogen-bond donors (Lipinski definition) is 3. The third-order valence-corrected chi connectivity index (χ3v) is 4.04. The van der Waals surface area contributed by atoms with Gasteiger partial charge in [0.2, 0.25) is 11.8 Å². The molecule has 0 bridgehead atoms. The van der Waals surface area contributed by atoms with E-state index in [4.69, 9.17) is 11.5 Å². The van der Waals surface area contributed by atoms with Crippen molar-refractivity contribution >= 4 is 17.8 Å². The third-order valence-electron chi connectivity index (χ3n) is 4.04. The van der Waals surface area contributed by atoms with Crippen molar-refractivity contribution in [3.63, 3.8) is 0 Å². The van der Waals surface area contributed by atoms with Crippen LogP contribution in [0.1, 0.15) is 33.1 Å². The average Bonchev–Trinajstić information content (AvgIpc) is 2.37. The Hall–Kier alpha value is -1.63. The van der Waals surface area contributed by atoms with E-state index in [0.717, 1.165) is 12.8 Å². The fourth-order valence-electron chi connectivity index (χ4n) is 2.48. The number of hydrogen-bond acceptors (Lipinski definition) is 4. The molecule has 1 aliphatic heterocycles. The molecule has 5 N–H and O–H groups in total. The summed E-state index contributed by atoms with van der Waals surface area (Å²) in [5, 5.41) is 9.26. The van der Waals surface area contributed by atoms with E-state index in [-0.39, 0.29) is 18.2 Å². The number of likely N-dealkylation sites (tertiary alicyclic amines) is 1. The molecule has 2 unspecified atom stereocenters. The van der Waals surface area contributed by atoms with Crippen molar-refractivity contribution in [3.05, 3.63) is 0 Å². The minimum Gasteiger partial charge on any atom is -0.481 e. The topological polar surface area (TPSA) is 127 Å². The Labute approximate surface area is 118 Å². The lowest BCUT2D eigenvalue weighted by molar-refractivity contribution is -0.153. The molecule has 1 rings (SSSR count). The van der Waals surface area contributed by atoms with Crippen molar-refractivity contribution in [1.82, 2.24) is 4.90 Å². The first-order valence-electron chi connectivity index (χ1n) is 6.72. The monoisotopic (exact) mass is 285 g/mol. The third kappa shape index (κ3) is 3.69. The highest BCUT2D eigenvalue weighted by Gasteiger charge is 2.40. The summed E-state index contributed by atoms with van der Waals surface area (Å²) >= 11 is 0. The summed E-state index contributed by atoms with van der Waals surface area (Å²) in [6, 6.07) is -0.945. The standard InChI is InChI=1S/C13H23N3O4/c1-13(2,12(19)20)8-4-3-5-16(7-8)11(18)9(14)6-10(15)17/h8-9H,3-7,14H2,1-2H3,(H2,15,17)(H,19,20). The van der Waals surface area contributed by atoms with Gasteiger partial charge in [-0.15, -0.1) is 0 Å². The molecule has 7 heteroatoms. The van der Waals surface area contributed by atoms with Crippen molar-refractivity contribution < 1.29 is 19.5 Å². The lowest BCUT2D eigenvalue weighted by atomic mass is 9.74. The van der Waals surface area contributed by atoms with Crippen LogP contribution in [-0.4, -0.2) is 46.9 Å². The lowest BCUT2D eigenvalue weighted by Gasteiger charge is -2.39. The van der Waals surface area contributed by atoms with Crippen molar-refractivity contribution in [2.24, 2.45) is 22.8 Å². The molecule has 20 heavy (non-hydrogen) atoms. The van der Waals surface area contributed by atoms with Gasteiger partial charge in [-0.1, -0.05) is 0 Å². The summed E-state index contributed by atoms with van der Waals surface area (Å²) in [6.07, 6.45) is 1.30. The zero-order valence-electron chi connectivity index (χ0n) is 12.0. The molecule has 1 fully saturated rings. The number of nitrogens with two attached hydrogens (primary N) is 2. The first kappa shape index (κ1) is 16.4. The number of primary amides is 1. The number of carbonyl (C=O) groups is 3. The maximum absolute atomic E-state index is 12.1. The molecule has 0 saturated carbocycles. The van der Waals surface area contributed by atoms with E-state index in [0.29, 0.717) is 13.1 Å². The number of carboxylic acids is 1. The molecule has 1 saturated heterocycles. The number of nitrogens with zero attached hydrogens (tertiary/aromatic N) is 1. The van der Waals surface area contributed by atoms with Gasteiger partial charge in [0, 0.05) is 13.1 Å². The van der Waals surface area contributed by atoms with Gasteiger partial charge in [0.25, 0.3) is 0 Å². The molecule has 0 aromatic rings. The number of piperidine rings is 1. The van der Waals surface area contributed by atoms with Crippen LogP contribution >= 0.6 is 0 Å². The van der Waals surface area contributed by atoms with Gasteiger partial charge >= 0.3 is 5.97 Å². The normalized spacial score (nSPS) is 21.4. The minimum absolute atomic E-state index is 0.126. The van der Waals surface area contributed by atoms with E-state index in [2.05, 4.69) is 0 Å². The van der Waals surface area contributed by atoms with Crippen molar-refractivity contribution in [1.29, 1.82) is 0 Å². The second-order valence-corrected chi connectivity index (χ2v) is 5.93. The van der Waals surface area contributed by atoms with Crippen LogP contribution in [-0.2, 0) is 14.4 Å². The average molecular weight is 285 g/mol. The smallest absolute Gasteiger partial charge is 0.309 e. The van der Waals surface area contributed by atoms with Crippen LogP contribution in [0, 0.1) is 11.3 Å². The summed E-state index contributed by atoms with van der Waals surface area (Å²) in [7, 11) is 0. The van der Waals surface area contributed by atoms with Crippen LogP contribution < -0.4 is 11.5 Å². The molecule has 1 aliphatic rings. The Kier molecular flexibility index (Phi) is 5.10.